The molecule has 0 saturated heterocycles. The fraction of sp³-hybridized carbons (Fsp3) is 0.350. The Morgan fingerprint density at radius 2 is 1.71 bits per heavy atom. The highest BCUT2D eigenvalue weighted by atomic mass is 19.1. The van der Waals surface area contributed by atoms with Gasteiger partial charge in [-0.05, 0) is 45.4 Å². The molecule has 0 saturated carbocycles. The van der Waals surface area contributed by atoms with Crippen LogP contribution in [0.2, 0.25) is 0 Å². The highest BCUT2D eigenvalue weighted by Crippen LogP contribution is 2.23. The zero-order valence-corrected chi connectivity index (χ0v) is 16.5. The first-order valence-corrected chi connectivity index (χ1v) is 9.16. The number of hydrogen-bond acceptors (Lipinski definition) is 3. The van der Waals surface area contributed by atoms with Gasteiger partial charge in [-0.25, -0.2) is 9.18 Å². The maximum Gasteiger partial charge on any atom is 0.332 e. The third-order valence-electron chi connectivity index (χ3n) is 5.33. The lowest BCUT2D eigenvalue weighted by Crippen LogP contribution is -2.39. The monoisotopic (exact) mass is 383 g/mol. The first-order valence-electron chi connectivity index (χ1n) is 9.16. The molecular formula is C20H22FN5O2. The van der Waals surface area contributed by atoms with Crippen molar-refractivity contribution in [1.82, 2.24) is 23.1 Å². The molecule has 28 heavy (non-hydrogen) atoms. The zero-order valence-electron chi connectivity index (χ0n) is 16.5. The van der Waals surface area contributed by atoms with Crippen molar-refractivity contribution >= 4 is 16.9 Å². The van der Waals surface area contributed by atoms with E-state index in [-0.39, 0.29) is 18.4 Å². The Bertz CT molecular complexity index is 1340. The number of imidazole rings is 2. The second kappa shape index (κ2) is 6.19. The van der Waals surface area contributed by atoms with Crippen LogP contribution in [-0.2, 0) is 13.6 Å². The molecule has 4 rings (SSSR count). The van der Waals surface area contributed by atoms with Gasteiger partial charge >= 0.3 is 5.69 Å². The Hall–Kier alpha value is -3.16. The molecular weight excluding hydrogens is 361 g/mol. The lowest BCUT2D eigenvalue weighted by atomic mass is 10.2. The van der Waals surface area contributed by atoms with Crippen molar-refractivity contribution in [3.63, 3.8) is 0 Å². The van der Waals surface area contributed by atoms with Gasteiger partial charge in [-0.15, -0.1) is 0 Å². The Morgan fingerprint density at radius 1 is 1.07 bits per heavy atom. The third-order valence-corrected chi connectivity index (χ3v) is 5.33. The van der Waals surface area contributed by atoms with E-state index in [0.29, 0.717) is 22.5 Å². The normalized spacial score (nSPS) is 12.0. The third kappa shape index (κ3) is 2.44. The van der Waals surface area contributed by atoms with Gasteiger partial charge in [0.25, 0.3) is 5.56 Å². The minimum absolute atomic E-state index is 0.0673. The topological polar surface area (TPSA) is 66.2 Å². The molecule has 0 atom stereocenters. The van der Waals surface area contributed by atoms with Crippen molar-refractivity contribution in [1.29, 1.82) is 0 Å². The molecule has 4 aromatic rings. The number of benzene rings is 1. The van der Waals surface area contributed by atoms with Crippen LogP contribution in [0.25, 0.3) is 16.9 Å². The summed E-state index contributed by atoms with van der Waals surface area (Å²) in [6.07, 6.45) is 0. The predicted octanol–water partition coefficient (Wildman–Crippen LogP) is 2.53. The molecule has 0 fully saturated rings. The fourth-order valence-corrected chi connectivity index (χ4v) is 3.80. The number of nitrogens with zero attached hydrogens (tertiary/aromatic N) is 5. The van der Waals surface area contributed by atoms with Crippen LogP contribution in [0.4, 0.5) is 4.39 Å². The van der Waals surface area contributed by atoms with Crippen LogP contribution in [0.15, 0.2) is 33.9 Å². The first kappa shape index (κ1) is 18.2. The van der Waals surface area contributed by atoms with E-state index in [1.165, 1.54) is 21.3 Å². The molecule has 8 heteroatoms. The number of rotatable bonds is 3. The van der Waals surface area contributed by atoms with Crippen molar-refractivity contribution in [2.24, 2.45) is 7.05 Å². The predicted molar refractivity (Wildman–Crippen MR) is 106 cm³/mol. The summed E-state index contributed by atoms with van der Waals surface area (Å²) in [5.41, 5.74) is 2.49. The minimum Gasteiger partial charge on any atom is -0.311 e. The van der Waals surface area contributed by atoms with Gasteiger partial charge in [0.15, 0.2) is 11.2 Å². The van der Waals surface area contributed by atoms with Crippen molar-refractivity contribution in [2.75, 3.05) is 0 Å². The van der Waals surface area contributed by atoms with Gasteiger partial charge in [0.05, 0.1) is 6.54 Å². The van der Waals surface area contributed by atoms with Crippen LogP contribution >= 0.6 is 0 Å². The SMILES string of the molecule is Cc1c(C)n2c3c(=O)n(Cc4ccc(F)cc4)c(=O)n(C)c3nc2n1C(C)C. The molecule has 0 N–H and O–H groups in total. The Labute approximate surface area is 160 Å². The van der Waals surface area contributed by atoms with E-state index in [1.807, 2.05) is 18.2 Å². The molecule has 146 valence electrons. The average molecular weight is 383 g/mol. The van der Waals surface area contributed by atoms with Crippen molar-refractivity contribution in [3.05, 3.63) is 67.9 Å². The summed E-state index contributed by atoms with van der Waals surface area (Å²) in [5, 5.41) is 0. The number of hydrogen-bond donors (Lipinski definition) is 0. The number of aromatic nitrogens is 5. The molecule has 0 aliphatic carbocycles. The van der Waals surface area contributed by atoms with E-state index in [9.17, 15) is 14.0 Å². The standard InChI is InChI=1S/C20H22FN5O2/c1-11(2)25-12(3)13(4)26-16-17(22-19(25)26)23(5)20(28)24(18(16)27)10-14-6-8-15(21)9-7-14/h6-9,11H,10H2,1-5H3. The van der Waals surface area contributed by atoms with Crippen LogP contribution in [0.3, 0.4) is 0 Å². The van der Waals surface area contributed by atoms with Crippen molar-refractivity contribution < 1.29 is 4.39 Å². The zero-order chi connectivity index (χ0) is 20.3. The molecule has 7 nitrogen and oxygen atoms in total. The minimum atomic E-state index is -0.451. The van der Waals surface area contributed by atoms with Gasteiger partial charge in [-0.2, -0.15) is 4.98 Å². The van der Waals surface area contributed by atoms with Gasteiger partial charge in [0.2, 0.25) is 5.78 Å². The fourth-order valence-electron chi connectivity index (χ4n) is 3.80. The first-order chi connectivity index (χ1) is 13.2. The summed E-state index contributed by atoms with van der Waals surface area (Å²) in [6, 6.07) is 5.93. The maximum absolute atomic E-state index is 13.3. The molecule has 3 heterocycles. The smallest absolute Gasteiger partial charge is 0.311 e. The van der Waals surface area contributed by atoms with Gasteiger partial charge < -0.3 is 4.57 Å². The van der Waals surface area contributed by atoms with E-state index in [1.54, 1.807) is 19.2 Å². The molecule has 0 radical (unpaired) electrons. The van der Waals surface area contributed by atoms with Crippen molar-refractivity contribution in [2.45, 2.75) is 40.3 Å². The maximum atomic E-state index is 13.3. The van der Waals surface area contributed by atoms with Crippen LogP contribution in [0.1, 0.15) is 36.8 Å². The van der Waals surface area contributed by atoms with Gasteiger partial charge in [0.1, 0.15) is 5.82 Å². The van der Waals surface area contributed by atoms with E-state index >= 15 is 0 Å². The van der Waals surface area contributed by atoms with E-state index in [4.69, 9.17) is 0 Å². The highest BCUT2D eigenvalue weighted by molar-refractivity contribution is 5.76. The van der Waals surface area contributed by atoms with E-state index in [0.717, 1.165) is 11.4 Å². The van der Waals surface area contributed by atoms with E-state index < -0.39 is 11.2 Å². The van der Waals surface area contributed by atoms with Crippen LogP contribution < -0.4 is 11.2 Å². The van der Waals surface area contributed by atoms with Crippen LogP contribution in [0, 0.1) is 19.7 Å². The van der Waals surface area contributed by atoms with Crippen molar-refractivity contribution in [3.8, 4) is 0 Å². The second-order valence-corrected chi connectivity index (χ2v) is 7.41. The summed E-state index contributed by atoms with van der Waals surface area (Å²) in [6.45, 7) is 8.11. The summed E-state index contributed by atoms with van der Waals surface area (Å²) in [4.78, 5) is 30.8. The summed E-state index contributed by atoms with van der Waals surface area (Å²) in [5.74, 6) is 0.282. The quantitative estimate of drug-likeness (QED) is 0.546. The molecule has 0 amide bonds. The lowest BCUT2D eigenvalue weighted by Gasteiger charge is -2.10. The highest BCUT2D eigenvalue weighted by Gasteiger charge is 2.23. The van der Waals surface area contributed by atoms with Crippen LogP contribution in [-0.4, -0.2) is 23.1 Å². The van der Waals surface area contributed by atoms with E-state index in [2.05, 4.69) is 23.4 Å². The molecule has 3 aromatic heterocycles. The van der Waals surface area contributed by atoms with Crippen LogP contribution in [0.5, 0.6) is 0 Å². The molecule has 0 unspecified atom stereocenters. The lowest BCUT2D eigenvalue weighted by molar-refractivity contribution is 0.600. The Balaban J connectivity index is 2.07. The average Bonchev–Trinajstić information content (AvgIpc) is 3.14. The number of fused-ring (bicyclic) bond motifs is 3. The summed E-state index contributed by atoms with van der Waals surface area (Å²) < 4.78 is 19.6. The Morgan fingerprint density at radius 3 is 2.32 bits per heavy atom. The van der Waals surface area contributed by atoms with Gasteiger partial charge in [-0.1, -0.05) is 12.1 Å². The molecule has 0 bridgehead atoms. The second-order valence-electron chi connectivity index (χ2n) is 7.41. The van der Waals surface area contributed by atoms with Gasteiger partial charge in [0, 0.05) is 24.5 Å². The number of aryl methyl sites for hydroxylation is 2. The largest absolute Gasteiger partial charge is 0.332 e. The van der Waals surface area contributed by atoms with Gasteiger partial charge in [-0.3, -0.25) is 18.3 Å². The summed E-state index contributed by atoms with van der Waals surface area (Å²) >= 11 is 0. The molecule has 0 aliphatic heterocycles. The molecule has 1 aromatic carbocycles. The molecule has 0 aliphatic rings. The number of halogens is 1. The summed E-state index contributed by atoms with van der Waals surface area (Å²) in [7, 11) is 1.61. The molecule has 0 spiro atoms. The Kier molecular flexibility index (Phi) is 4.02.